The SMILES string of the molecule is CC(C)(C)P(C(C=CN)=NC(C(=Nc1ccccc1)c1ccccc1)=C(N)c1ccccc1)C(C)(C)C. The molecule has 0 atom stereocenters. The summed E-state index contributed by atoms with van der Waals surface area (Å²) in [7, 11) is -0.753. The summed E-state index contributed by atoms with van der Waals surface area (Å²) in [4.78, 5) is 10.4. The van der Waals surface area contributed by atoms with Crippen LogP contribution in [0.15, 0.2) is 119 Å². The number of benzene rings is 3. The lowest BCUT2D eigenvalue weighted by molar-refractivity contribution is 0.717. The summed E-state index contributed by atoms with van der Waals surface area (Å²) in [5.41, 5.74) is 18.5. The zero-order chi connectivity index (χ0) is 27.1. The standard InChI is InChI=1S/C32H39N4P/c1-31(2,3)37(32(4,5)6)27(22-23-33)36-30(28(34)24-16-10-7-11-17-24)29(25-18-12-8-13-19-25)35-26-20-14-9-15-21-26/h7-23H,33-34H2,1-6H3. The molecular weight excluding hydrogens is 471 g/mol. The molecule has 0 aromatic heterocycles. The van der Waals surface area contributed by atoms with Crippen molar-refractivity contribution in [2.45, 2.75) is 51.9 Å². The van der Waals surface area contributed by atoms with Crippen molar-refractivity contribution in [3.63, 3.8) is 0 Å². The van der Waals surface area contributed by atoms with E-state index in [1.807, 2.05) is 97.1 Å². The molecule has 0 unspecified atom stereocenters. The highest BCUT2D eigenvalue weighted by Crippen LogP contribution is 2.60. The number of nitrogens with zero attached hydrogens (tertiary/aromatic N) is 2. The van der Waals surface area contributed by atoms with E-state index in [2.05, 4.69) is 41.5 Å². The Balaban J connectivity index is 2.43. The van der Waals surface area contributed by atoms with Crippen molar-refractivity contribution in [3.8, 4) is 0 Å². The van der Waals surface area contributed by atoms with Gasteiger partial charge in [-0.2, -0.15) is 0 Å². The third kappa shape index (κ3) is 7.50. The van der Waals surface area contributed by atoms with Gasteiger partial charge in [0.2, 0.25) is 0 Å². The van der Waals surface area contributed by atoms with Gasteiger partial charge in [-0.1, -0.05) is 120 Å². The van der Waals surface area contributed by atoms with Crippen LogP contribution in [0.5, 0.6) is 0 Å². The van der Waals surface area contributed by atoms with Gasteiger partial charge in [0, 0.05) is 5.56 Å². The van der Waals surface area contributed by atoms with Gasteiger partial charge in [-0.3, -0.25) is 0 Å². The number of rotatable bonds is 7. The van der Waals surface area contributed by atoms with Gasteiger partial charge in [0.25, 0.3) is 0 Å². The molecule has 0 bridgehead atoms. The average Bonchev–Trinajstić information content (AvgIpc) is 2.86. The molecular formula is C32H39N4P. The summed E-state index contributed by atoms with van der Waals surface area (Å²) in [5, 5.41) is -0.0238. The van der Waals surface area contributed by atoms with E-state index in [1.165, 1.54) is 0 Å². The van der Waals surface area contributed by atoms with E-state index in [4.69, 9.17) is 21.5 Å². The quantitative estimate of drug-likeness (QED) is 0.249. The minimum Gasteiger partial charge on any atom is -0.405 e. The van der Waals surface area contributed by atoms with E-state index in [0.717, 1.165) is 22.3 Å². The second kappa shape index (κ2) is 12.2. The molecule has 3 rings (SSSR count). The lowest BCUT2D eigenvalue weighted by Gasteiger charge is -2.41. The molecule has 5 heteroatoms. The van der Waals surface area contributed by atoms with Crippen LogP contribution in [-0.2, 0) is 0 Å². The van der Waals surface area contributed by atoms with Crippen LogP contribution in [0.25, 0.3) is 5.70 Å². The van der Waals surface area contributed by atoms with Crippen molar-refractivity contribution in [1.82, 2.24) is 0 Å². The van der Waals surface area contributed by atoms with E-state index in [1.54, 1.807) is 6.20 Å². The molecule has 4 N–H and O–H groups in total. The second-order valence-corrected chi connectivity index (χ2v) is 14.6. The van der Waals surface area contributed by atoms with Gasteiger partial charge in [0.15, 0.2) is 0 Å². The fourth-order valence-corrected chi connectivity index (χ4v) is 8.36. The monoisotopic (exact) mass is 510 g/mol. The number of allylic oxidation sites excluding steroid dienone is 2. The molecule has 37 heavy (non-hydrogen) atoms. The maximum atomic E-state index is 6.94. The first-order chi connectivity index (χ1) is 17.5. The topological polar surface area (TPSA) is 76.8 Å². The Morgan fingerprint density at radius 2 is 1.16 bits per heavy atom. The van der Waals surface area contributed by atoms with Crippen LogP contribution in [0.4, 0.5) is 5.69 Å². The number of para-hydroxylation sites is 1. The fraction of sp³-hybridized carbons (Fsp3) is 0.250. The van der Waals surface area contributed by atoms with Gasteiger partial charge in [-0.15, -0.1) is 0 Å². The minimum absolute atomic E-state index is 0.0119. The van der Waals surface area contributed by atoms with Gasteiger partial charge >= 0.3 is 0 Å². The summed E-state index contributed by atoms with van der Waals surface area (Å²) >= 11 is 0. The zero-order valence-electron chi connectivity index (χ0n) is 22.8. The number of nitrogens with two attached hydrogens (primary N) is 2. The smallest absolute Gasteiger partial charge is 0.113 e. The molecule has 0 aliphatic heterocycles. The van der Waals surface area contributed by atoms with Crippen molar-refractivity contribution in [2.24, 2.45) is 21.5 Å². The van der Waals surface area contributed by atoms with Crippen molar-refractivity contribution in [3.05, 3.63) is 120 Å². The highest BCUT2D eigenvalue weighted by atomic mass is 31.1. The normalized spacial score (nSPS) is 14.2. The van der Waals surface area contributed by atoms with Crippen LogP contribution in [0.2, 0.25) is 0 Å². The van der Waals surface area contributed by atoms with Gasteiger partial charge in [-0.05, 0) is 48.2 Å². The van der Waals surface area contributed by atoms with E-state index >= 15 is 0 Å². The van der Waals surface area contributed by atoms with Crippen LogP contribution < -0.4 is 11.5 Å². The average molecular weight is 511 g/mol. The molecule has 0 radical (unpaired) electrons. The Labute approximate surface area is 223 Å². The van der Waals surface area contributed by atoms with Crippen molar-refractivity contribution in [1.29, 1.82) is 0 Å². The molecule has 3 aromatic carbocycles. The lowest BCUT2D eigenvalue weighted by Crippen LogP contribution is -2.29. The van der Waals surface area contributed by atoms with Crippen molar-refractivity contribution < 1.29 is 0 Å². The van der Waals surface area contributed by atoms with Gasteiger partial charge in [0.05, 0.1) is 22.5 Å². The predicted octanol–water partition coefficient (Wildman–Crippen LogP) is 8.08. The maximum Gasteiger partial charge on any atom is 0.113 e. The molecule has 0 aliphatic rings. The summed E-state index contributed by atoms with van der Waals surface area (Å²) < 4.78 is 0. The molecule has 0 fully saturated rings. The van der Waals surface area contributed by atoms with Crippen LogP contribution in [0.1, 0.15) is 52.7 Å². The third-order valence-electron chi connectivity index (χ3n) is 5.65. The largest absolute Gasteiger partial charge is 0.405 e. The maximum absolute atomic E-state index is 6.94. The number of hydrogen-bond acceptors (Lipinski definition) is 4. The first-order valence-corrected chi connectivity index (χ1v) is 13.9. The molecule has 3 aromatic rings. The van der Waals surface area contributed by atoms with Crippen molar-refractivity contribution in [2.75, 3.05) is 0 Å². The summed E-state index contributed by atoms with van der Waals surface area (Å²) in [6, 6.07) is 30.0. The molecule has 0 saturated carbocycles. The molecule has 0 heterocycles. The Kier molecular flexibility index (Phi) is 9.23. The van der Waals surface area contributed by atoms with Crippen LogP contribution >= 0.6 is 7.92 Å². The Morgan fingerprint density at radius 3 is 1.62 bits per heavy atom. The molecule has 0 aliphatic carbocycles. The van der Waals surface area contributed by atoms with E-state index in [-0.39, 0.29) is 10.3 Å². The van der Waals surface area contributed by atoms with Crippen LogP contribution in [-0.4, -0.2) is 21.5 Å². The van der Waals surface area contributed by atoms with Gasteiger partial charge in [0.1, 0.15) is 5.70 Å². The Morgan fingerprint density at radius 1 is 0.703 bits per heavy atom. The minimum atomic E-state index is -0.753. The summed E-state index contributed by atoms with van der Waals surface area (Å²) in [6.07, 6.45) is 3.52. The van der Waals surface area contributed by atoms with Crippen molar-refractivity contribution >= 4 is 30.5 Å². The van der Waals surface area contributed by atoms with Crippen LogP contribution in [0.3, 0.4) is 0 Å². The molecule has 4 nitrogen and oxygen atoms in total. The first-order valence-electron chi connectivity index (χ1n) is 12.5. The second-order valence-electron chi connectivity index (χ2n) is 10.8. The van der Waals surface area contributed by atoms with Gasteiger partial charge < -0.3 is 11.5 Å². The summed E-state index contributed by atoms with van der Waals surface area (Å²) in [6.45, 7) is 13.6. The zero-order valence-corrected chi connectivity index (χ0v) is 23.7. The predicted molar refractivity (Wildman–Crippen MR) is 164 cm³/mol. The number of aliphatic imine (C=N–C) groups is 2. The highest BCUT2D eigenvalue weighted by molar-refractivity contribution is 7.78. The number of hydrogen-bond donors (Lipinski definition) is 2. The van der Waals surface area contributed by atoms with E-state index in [0.29, 0.717) is 17.1 Å². The fourth-order valence-electron chi connectivity index (χ4n) is 4.53. The Bertz CT molecular complexity index is 1260. The molecule has 192 valence electrons. The van der Waals surface area contributed by atoms with E-state index < -0.39 is 7.92 Å². The lowest BCUT2D eigenvalue weighted by atomic mass is 10.0. The first kappa shape index (κ1) is 28.1. The third-order valence-corrected chi connectivity index (χ3v) is 9.04. The molecule has 0 amide bonds. The summed E-state index contributed by atoms with van der Waals surface area (Å²) in [5.74, 6) is 0. The van der Waals surface area contributed by atoms with Gasteiger partial charge in [-0.25, -0.2) is 9.98 Å². The van der Waals surface area contributed by atoms with E-state index in [9.17, 15) is 0 Å². The van der Waals surface area contributed by atoms with Crippen LogP contribution in [0, 0.1) is 0 Å². The molecule has 0 spiro atoms. The Hall–Kier alpha value is -3.49. The molecule has 0 saturated heterocycles. The highest BCUT2D eigenvalue weighted by Gasteiger charge is 2.37.